The maximum absolute atomic E-state index is 12.3. The molecule has 0 saturated carbocycles. The van der Waals surface area contributed by atoms with Crippen LogP contribution in [0.5, 0.6) is 0 Å². The van der Waals surface area contributed by atoms with Crippen LogP contribution in [0.3, 0.4) is 0 Å². The quantitative estimate of drug-likeness (QED) is 0.362. The SMILES string of the molecule is C/C(=N\NC(=O)c1ccc(C)c([N+](=O)[O-])c1)c1nnn(-c2cccc([N+](=O)[O-])c2)c1C. The van der Waals surface area contributed by atoms with Gasteiger partial charge in [0.25, 0.3) is 17.3 Å². The van der Waals surface area contributed by atoms with E-state index in [9.17, 15) is 25.0 Å². The monoisotopic (exact) mass is 423 g/mol. The molecule has 12 heteroatoms. The third-order valence-electron chi connectivity index (χ3n) is 4.52. The van der Waals surface area contributed by atoms with Gasteiger partial charge in [-0.05, 0) is 32.9 Å². The Labute approximate surface area is 175 Å². The number of carbonyl (C=O) groups is 1. The van der Waals surface area contributed by atoms with E-state index >= 15 is 0 Å². The van der Waals surface area contributed by atoms with Gasteiger partial charge in [0.05, 0.1) is 26.9 Å². The summed E-state index contributed by atoms with van der Waals surface area (Å²) in [5, 5.41) is 34.1. The van der Waals surface area contributed by atoms with E-state index in [1.54, 1.807) is 26.8 Å². The average molecular weight is 423 g/mol. The van der Waals surface area contributed by atoms with Gasteiger partial charge in [0, 0.05) is 29.3 Å². The molecule has 3 rings (SSSR count). The number of carbonyl (C=O) groups excluding carboxylic acids is 1. The number of hydrogen-bond donors (Lipinski definition) is 1. The van der Waals surface area contributed by atoms with Crippen LogP contribution in [-0.2, 0) is 0 Å². The Hall–Kier alpha value is -4.48. The molecule has 0 radical (unpaired) electrons. The first-order valence-corrected chi connectivity index (χ1v) is 8.96. The molecule has 0 unspecified atom stereocenters. The van der Waals surface area contributed by atoms with Crippen molar-refractivity contribution in [1.82, 2.24) is 20.4 Å². The first-order valence-electron chi connectivity index (χ1n) is 8.96. The van der Waals surface area contributed by atoms with Crippen LogP contribution in [0.15, 0.2) is 47.6 Å². The summed E-state index contributed by atoms with van der Waals surface area (Å²) in [7, 11) is 0. The van der Waals surface area contributed by atoms with Crippen LogP contribution in [0.25, 0.3) is 5.69 Å². The standard InChI is InChI=1S/C19H17N7O5/c1-11-7-8-14(9-17(11)26(30)31)19(27)22-20-12(2)18-13(3)24(23-21-18)15-5-4-6-16(10-15)25(28)29/h4-10H,1-3H3,(H,22,27)/b20-12+. The number of hydrazone groups is 1. The minimum absolute atomic E-state index is 0.0845. The minimum atomic E-state index is -0.619. The van der Waals surface area contributed by atoms with Crippen LogP contribution in [0, 0.1) is 34.1 Å². The van der Waals surface area contributed by atoms with Crippen LogP contribution >= 0.6 is 0 Å². The van der Waals surface area contributed by atoms with Crippen LogP contribution in [0.2, 0.25) is 0 Å². The van der Waals surface area contributed by atoms with Gasteiger partial charge < -0.3 is 0 Å². The number of aromatic nitrogens is 3. The summed E-state index contributed by atoms with van der Waals surface area (Å²) in [6.45, 7) is 4.89. The molecule has 0 aliphatic rings. The predicted octanol–water partition coefficient (Wildman–Crippen LogP) is 2.85. The van der Waals surface area contributed by atoms with Gasteiger partial charge in [-0.2, -0.15) is 5.10 Å². The molecular formula is C19H17N7O5. The smallest absolute Gasteiger partial charge is 0.267 e. The van der Waals surface area contributed by atoms with Crippen molar-refractivity contribution >= 4 is 23.0 Å². The normalized spacial score (nSPS) is 11.3. The molecule has 1 N–H and O–H groups in total. The van der Waals surface area contributed by atoms with E-state index in [2.05, 4.69) is 20.8 Å². The van der Waals surface area contributed by atoms with Crippen molar-refractivity contribution in [3.63, 3.8) is 0 Å². The fourth-order valence-corrected chi connectivity index (χ4v) is 2.85. The largest absolute Gasteiger partial charge is 0.273 e. The van der Waals surface area contributed by atoms with E-state index in [1.165, 1.54) is 41.1 Å². The van der Waals surface area contributed by atoms with Crippen LogP contribution in [0.4, 0.5) is 11.4 Å². The fraction of sp³-hybridized carbons (Fsp3) is 0.158. The number of rotatable bonds is 6. The molecule has 0 atom stereocenters. The molecule has 1 aromatic heterocycles. The maximum Gasteiger partial charge on any atom is 0.273 e. The minimum Gasteiger partial charge on any atom is -0.267 e. The molecule has 1 heterocycles. The Morgan fingerprint density at radius 2 is 1.84 bits per heavy atom. The first kappa shape index (κ1) is 21.2. The van der Waals surface area contributed by atoms with E-state index < -0.39 is 15.8 Å². The van der Waals surface area contributed by atoms with Crippen molar-refractivity contribution in [2.24, 2.45) is 5.10 Å². The van der Waals surface area contributed by atoms with Crippen LogP contribution < -0.4 is 5.43 Å². The number of non-ortho nitro benzene ring substituents is 1. The Balaban J connectivity index is 1.82. The molecule has 0 aliphatic carbocycles. The van der Waals surface area contributed by atoms with Crippen molar-refractivity contribution in [1.29, 1.82) is 0 Å². The van der Waals surface area contributed by atoms with E-state index in [0.717, 1.165) is 0 Å². The molecule has 12 nitrogen and oxygen atoms in total. The highest BCUT2D eigenvalue weighted by molar-refractivity contribution is 6.00. The lowest BCUT2D eigenvalue weighted by molar-refractivity contribution is -0.385. The lowest BCUT2D eigenvalue weighted by Gasteiger charge is -2.05. The summed E-state index contributed by atoms with van der Waals surface area (Å²) in [6, 6.07) is 10.1. The third-order valence-corrected chi connectivity index (χ3v) is 4.52. The van der Waals surface area contributed by atoms with Crippen LogP contribution in [-0.4, -0.2) is 36.5 Å². The Kier molecular flexibility index (Phi) is 5.81. The Morgan fingerprint density at radius 3 is 2.52 bits per heavy atom. The molecule has 31 heavy (non-hydrogen) atoms. The van der Waals surface area contributed by atoms with Gasteiger partial charge in [-0.15, -0.1) is 5.10 Å². The number of nitrogens with one attached hydrogen (secondary N) is 1. The second-order valence-corrected chi connectivity index (χ2v) is 6.61. The lowest BCUT2D eigenvalue weighted by atomic mass is 10.1. The molecular weight excluding hydrogens is 406 g/mol. The van der Waals surface area contributed by atoms with Crippen molar-refractivity contribution in [2.75, 3.05) is 0 Å². The Morgan fingerprint density at radius 1 is 1.10 bits per heavy atom. The number of nitrogens with zero attached hydrogens (tertiary/aromatic N) is 6. The van der Waals surface area contributed by atoms with Crippen molar-refractivity contribution in [3.8, 4) is 5.69 Å². The summed E-state index contributed by atoms with van der Waals surface area (Å²) < 4.78 is 1.42. The maximum atomic E-state index is 12.3. The summed E-state index contributed by atoms with van der Waals surface area (Å²) in [6.07, 6.45) is 0. The van der Waals surface area contributed by atoms with E-state index in [4.69, 9.17) is 0 Å². The van der Waals surface area contributed by atoms with Gasteiger partial charge >= 0.3 is 0 Å². The van der Waals surface area contributed by atoms with E-state index in [-0.39, 0.29) is 16.9 Å². The summed E-state index contributed by atoms with van der Waals surface area (Å²) in [5.41, 5.74) is 4.35. The van der Waals surface area contributed by atoms with Gasteiger partial charge in [-0.3, -0.25) is 25.0 Å². The second-order valence-electron chi connectivity index (χ2n) is 6.61. The highest BCUT2D eigenvalue weighted by atomic mass is 16.6. The highest BCUT2D eigenvalue weighted by Crippen LogP contribution is 2.20. The molecule has 0 bridgehead atoms. The van der Waals surface area contributed by atoms with Crippen LogP contribution in [0.1, 0.15) is 34.2 Å². The number of amides is 1. The highest BCUT2D eigenvalue weighted by Gasteiger charge is 2.17. The van der Waals surface area contributed by atoms with E-state index in [1.807, 2.05) is 0 Å². The number of hydrogen-bond acceptors (Lipinski definition) is 8. The molecule has 0 saturated heterocycles. The van der Waals surface area contributed by atoms with Gasteiger partial charge in [0.1, 0.15) is 5.69 Å². The molecule has 158 valence electrons. The van der Waals surface area contributed by atoms with Crippen molar-refractivity contribution in [2.45, 2.75) is 20.8 Å². The lowest BCUT2D eigenvalue weighted by Crippen LogP contribution is -2.20. The Bertz CT molecular complexity index is 1230. The number of aryl methyl sites for hydroxylation is 1. The van der Waals surface area contributed by atoms with Crippen molar-refractivity contribution < 1.29 is 14.6 Å². The molecule has 2 aromatic carbocycles. The molecule has 0 aliphatic heterocycles. The van der Waals surface area contributed by atoms with Gasteiger partial charge in [0.2, 0.25) is 0 Å². The molecule has 1 amide bonds. The fourth-order valence-electron chi connectivity index (χ4n) is 2.85. The van der Waals surface area contributed by atoms with Gasteiger partial charge in [-0.25, -0.2) is 10.1 Å². The first-order chi connectivity index (χ1) is 14.7. The number of nitro groups is 2. The van der Waals surface area contributed by atoms with Crippen molar-refractivity contribution in [3.05, 3.63) is 85.2 Å². The average Bonchev–Trinajstić information content (AvgIpc) is 3.13. The zero-order chi connectivity index (χ0) is 22.7. The van der Waals surface area contributed by atoms with E-state index in [0.29, 0.717) is 28.4 Å². The van der Waals surface area contributed by atoms with Gasteiger partial charge in [0.15, 0.2) is 0 Å². The number of nitro benzene ring substituents is 2. The zero-order valence-electron chi connectivity index (χ0n) is 16.8. The third kappa shape index (κ3) is 4.42. The van der Waals surface area contributed by atoms with Gasteiger partial charge in [-0.1, -0.05) is 17.3 Å². The summed E-state index contributed by atoms with van der Waals surface area (Å²) >= 11 is 0. The second kappa shape index (κ2) is 8.49. The summed E-state index contributed by atoms with van der Waals surface area (Å²) in [4.78, 5) is 33.3. The number of benzene rings is 2. The topological polar surface area (TPSA) is 158 Å². The molecule has 0 spiro atoms. The predicted molar refractivity (Wildman–Crippen MR) is 110 cm³/mol. The zero-order valence-corrected chi connectivity index (χ0v) is 16.8. The summed E-state index contributed by atoms with van der Waals surface area (Å²) in [5.74, 6) is -0.619. The molecule has 0 fully saturated rings. The molecule has 3 aromatic rings.